The normalized spacial score (nSPS) is 19.3. The number of amides is 2. The molecule has 0 N–H and O–H groups in total. The van der Waals surface area contributed by atoms with Gasteiger partial charge in [-0.3, -0.25) is 9.59 Å². The van der Waals surface area contributed by atoms with Crippen molar-refractivity contribution in [1.82, 2.24) is 9.21 Å². The van der Waals surface area contributed by atoms with Crippen molar-refractivity contribution in [3.05, 3.63) is 29.8 Å². The number of hydrogen-bond acceptors (Lipinski definition) is 6. The number of benzene rings is 1. The van der Waals surface area contributed by atoms with Crippen molar-refractivity contribution in [2.24, 2.45) is 5.92 Å². The molecule has 0 aromatic heterocycles. The number of nitrogens with zero attached hydrogens (tertiary/aromatic N) is 2. The fourth-order valence-corrected chi connectivity index (χ4v) is 4.25. The number of rotatable bonds is 5. The van der Waals surface area contributed by atoms with Crippen molar-refractivity contribution in [2.75, 3.05) is 26.2 Å². The van der Waals surface area contributed by atoms with E-state index in [1.807, 2.05) is 0 Å². The highest BCUT2D eigenvalue weighted by molar-refractivity contribution is 7.89. The van der Waals surface area contributed by atoms with E-state index in [4.69, 9.17) is 0 Å². The molecule has 1 aromatic rings. The summed E-state index contributed by atoms with van der Waals surface area (Å²) < 4.78 is 30.9. The molecule has 2 aliphatic heterocycles. The number of carbonyl (C=O) groups is 3. The van der Waals surface area contributed by atoms with Gasteiger partial charge in [0.05, 0.1) is 4.90 Å². The standard InChI is InChI=1S/C15H16N2O6S/c1-10(18)12-2-4-13(5-3-12)24(21,22)16-6-11(7-16)8-17-14(19)9-23-15(17)20/h2-5,11H,6-9H2,1H3. The molecule has 3 rings (SSSR count). The van der Waals surface area contributed by atoms with Crippen LogP contribution in [0, 0.1) is 5.92 Å². The van der Waals surface area contributed by atoms with Gasteiger partial charge in [-0.05, 0) is 19.1 Å². The van der Waals surface area contributed by atoms with E-state index in [9.17, 15) is 22.8 Å². The molecule has 2 saturated heterocycles. The maximum absolute atomic E-state index is 12.5. The van der Waals surface area contributed by atoms with Crippen LogP contribution in [0.4, 0.5) is 4.79 Å². The molecule has 0 aliphatic carbocycles. The summed E-state index contributed by atoms with van der Waals surface area (Å²) in [4.78, 5) is 35.2. The second-order valence-corrected chi connectivity index (χ2v) is 7.77. The fourth-order valence-electron chi connectivity index (χ4n) is 2.66. The first kappa shape index (κ1) is 16.6. The first-order valence-corrected chi connectivity index (χ1v) is 8.81. The molecule has 2 amide bonds. The zero-order chi connectivity index (χ0) is 17.5. The number of carbonyl (C=O) groups excluding carboxylic acids is 3. The first-order chi connectivity index (χ1) is 11.3. The van der Waals surface area contributed by atoms with Crippen LogP contribution in [-0.2, 0) is 19.6 Å². The van der Waals surface area contributed by atoms with Gasteiger partial charge in [0, 0.05) is 31.1 Å². The zero-order valence-electron chi connectivity index (χ0n) is 13.0. The Hall–Kier alpha value is -2.26. The minimum atomic E-state index is -3.64. The molecule has 128 valence electrons. The Morgan fingerprint density at radius 1 is 1.21 bits per heavy atom. The van der Waals surface area contributed by atoms with Crippen molar-refractivity contribution in [3.8, 4) is 0 Å². The van der Waals surface area contributed by atoms with E-state index in [0.717, 1.165) is 4.90 Å². The molecule has 0 saturated carbocycles. The molecule has 9 heteroatoms. The lowest BCUT2D eigenvalue weighted by Crippen LogP contribution is -2.54. The number of imide groups is 1. The lowest BCUT2D eigenvalue weighted by Gasteiger charge is -2.39. The van der Waals surface area contributed by atoms with Crippen molar-refractivity contribution in [2.45, 2.75) is 11.8 Å². The Morgan fingerprint density at radius 3 is 2.33 bits per heavy atom. The third-order valence-corrected chi connectivity index (χ3v) is 5.95. The molecule has 8 nitrogen and oxygen atoms in total. The van der Waals surface area contributed by atoms with Gasteiger partial charge in [-0.25, -0.2) is 18.1 Å². The van der Waals surface area contributed by atoms with Crippen LogP contribution >= 0.6 is 0 Å². The number of ether oxygens (including phenoxy) is 1. The van der Waals surface area contributed by atoms with Gasteiger partial charge < -0.3 is 4.74 Å². The quantitative estimate of drug-likeness (QED) is 0.715. The summed E-state index contributed by atoms with van der Waals surface area (Å²) in [6.45, 7) is 1.78. The van der Waals surface area contributed by atoms with Crippen LogP contribution in [0.3, 0.4) is 0 Å². The van der Waals surface area contributed by atoms with E-state index in [1.165, 1.54) is 35.5 Å². The zero-order valence-corrected chi connectivity index (χ0v) is 13.8. The Labute approximate surface area is 139 Å². The van der Waals surface area contributed by atoms with Gasteiger partial charge in [0.25, 0.3) is 5.91 Å². The average molecular weight is 352 g/mol. The van der Waals surface area contributed by atoms with Crippen LogP contribution in [0.1, 0.15) is 17.3 Å². The largest absolute Gasteiger partial charge is 0.439 e. The molecule has 0 unspecified atom stereocenters. The molecule has 0 radical (unpaired) electrons. The molecular formula is C15H16N2O6S. The Bertz CT molecular complexity index is 780. The van der Waals surface area contributed by atoms with E-state index in [1.54, 1.807) is 0 Å². The summed E-state index contributed by atoms with van der Waals surface area (Å²) >= 11 is 0. The summed E-state index contributed by atoms with van der Waals surface area (Å²) in [7, 11) is -3.64. The number of ketones is 1. The predicted octanol–water partition coefficient (Wildman–Crippen LogP) is 0.488. The van der Waals surface area contributed by atoms with Crippen LogP contribution in [0.15, 0.2) is 29.2 Å². The molecular weight excluding hydrogens is 336 g/mol. The third kappa shape index (κ3) is 2.92. The van der Waals surface area contributed by atoms with Gasteiger partial charge in [0.2, 0.25) is 10.0 Å². The number of Topliss-reactive ketones (excluding diaryl/α,β-unsaturated/α-hetero) is 1. The maximum Gasteiger partial charge on any atom is 0.417 e. The molecule has 24 heavy (non-hydrogen) atoms. The summed E-state index contributed by atoms with van der Waals surface area (Å²) in [5.74, 6) is -0.642. The van der Waals surface area contributed by atoms with E-state index in [-0.39, 0.29) is 42.8 Å². The summed E-state index contributed by atoms with van der Waals surface area (Å²) in [5, 5.41) is 0. The second-order valence-electron chi connectivity index (χ2n) is 5.83. The summed E-state index contributed by atoms with van der Waals surface area (Å²) in [5.41, 5.74) is 0.446. The van der Waals surface area contributed by atoms with Crippen LogP contribution in [0.2, 0.25) is 0 Å². The minimum Gasteiger partial charge on any atom is -0.439 e. The number of cyclic esters (lactones) is 1. The minimum absolute atomic E-state index is 0.106. The predicted molar refractivity (Wildman–Crippen MR) is 81.8 cm³/mol. The first-order valence-electron chi connectivity index (χ1n) is 7.37. The van der Waals surface area contributed by atoms with Crippen LogP contribution < -0.4 is 0 Å². The number of hydrogen-bond donors (Lipinski definition) is 0. The van der Waals surface area contributed by atoms with Gasteiger partial charge >= 0.3 is 6.09 Å². The SMILES string of the molecule is CC(=O)c1ccc(S(=O)(=O)N2CC(CN3C(=O)COC3=O)C2)cc1. The smallest absolute Gasteiger partial charge is 0.417 e. The van der Waals surface area contributed by atoms with Crippen molar-refractivity contribution >= 4 is 27.8 Å². The molecule has 2 heterocycles. The monoisotopic (exact) mass is 352 g/mol. The Morgan fingerprint density at radius 2 is 1.83 bits per heavy atom. The van der Waals surface area contributed by atoms with Crippen molar-refractivity contribution in [1.29, 1.82) is 0 Å². The number of sulfonamides is 1. The van der Waals surface area contributed by atoms with Crippen LogP contribution in [-0.4, -0.2) is 61.6 Å². The van der Waals surface area contributed by atoms with Crippen molar-refractivity contribution < 1.29 is 27.5 Å². The highest BCUT2D eigenvalue weighted by Gasteiger charge is 2.41. The summed E-state index contributed by atoms with van der Waals surface area (Å²) in [6.07, 6.45) is -0.680. The maximum atomic E-state index is 12.5. The lowest BCUT2D eigenvalue weighted by atomic mass is 10.0. The van der Waals surface area contributed by atoms with E-state index < -0.39 is 22.0 Å². The van der Waals surface area contributed by atoms with Gasteiger partial charge in [0.15, 0.2) is 12.4 Å². The molecule has 1 aromatic carbocycles. The van der Waals surface area contributed by atoms with Crippen molar-refractivity contribution in [3.63, 3.8) is 0 Å². The van der Waals surface area contributed by atoms with Crippen LogP contribution in [0.25, 0.3) is 0 Å². The molecule has 2 aliphatic rings. The van der Waals surface area contributed by atoms with Gasteiger partial charge in [-0.15, -0.1) is 0 Å². The topological polar surface area (TPSA) is 101 Å². The molecule has 0 atom stereocenters. The highest BCUT2D eigenvalue weighted by atomic mass is 32.2. The van der Waals surface area contributed by atoms with E-state index in [0.29, 0.717) is 5.56 Å². The summed E-state index contributed by atoms with van der Waals surface area (Å²) in [6, 6.07) is 5.76. The molecule has 0 spiro atoms. The Kier molecular flexibility index (Phi) is 4.14. The Balaban J connectivity index is 1.63. The third-order valence-electron chi connectivity index (χ3n) is 4.10. The highest BCUT2D eigenvalue weighted by Crippen LogP contribution is 2.26. The van der Waals surface area contributed by atoms with Gasteiger partial charge in [-0.2, -0.15) is 4.31 Å². The van der Waals surface area contributed by atoms with Gasteiger partial charge in [0.1, 0.15) is 0 Å². The van der Waals surface area contributed by atoms with Crippen LogP contribution in [0.5, 0.6) is 0 Å². The van der Waals surface area contributed by atoms with E-state index in [2.05, 4.69) is 4.74 Å². The second kappa shape index (κ2) is 5.99. The average Bonchev–Trinajstić information content (AvgIpc) is 2.81. The van der Waals surface area contributed by atoms with E-state index >= 15 is 0 Å². The lowest BCUT2D eigenvalue weighted by molar-refractivity contribution is -0.126. The molecule has 2 fully saturated rings. The fraction of sp³-hybridized carbons (Fsp3) is 0.400. The molecule has 0 bridgehead atoms. The van der Waals surface area contributed by atoms with Gasteiger partial charge in [-0.1, -0.05) is 12.1 Å².